The topological polar surface area (TPSA) is 113 Å². The Morgan fingerprint density at radius 1 is 1.07 bits per heavy atom. The molecule has 2 aromatic carbocycles. The SMILES string of the molecule is COc1ccccc1NC(=O)C(=O)N/N=C/c1cc2ccccc2[nH]c1=O. The fraction of sp³-hybridized carbons (Fsp3) is 0.0526. The number of anilines is 1. The van der Waals surface area contributed by atoms with Crippen molar-refractivity contribution in [3.63, 3.8) is 0 Å². The number of pyridine rings is 1. The molecule has 0 atom stereocenters. The third-order valence-electron chi connectivity index (χ3n) is 3.71. The van der Waals surface area contributed by atoms with Gasteiger partial charge in [-0.25, -0.2) is 5.43 Å². The normalized spacial score (nSPS) is 10.7. The first kappa shape index (κ1) is 17.9. The van der Waals surface area contributed by atoms with E-state index in [2.05, 4.69) is 20.8 Å². The molecule has 8 heteroatoms. The van der Waals surface area contributed by atoms with Crippen LogP contribution in [0.15, 0.2) is 64.5 Å². The van der Waals surface area contributed by atoms with Crippen LogP contribution in [0, 0.1) is 0 Å². The number of benzene rings is 2. The number of amides is 2. The highest BCUT2D eigenvalue weighted by atomic mass is 16.5. The third-order valence-corrected chi connectivity index (χ3v) is 3.71. The molecule has 3 N–H and O–H groups in total. The Morgan fingerprint density at radius 2 is 1.81 bits per heavy atom. The molecule has 3 rings (SSSR count). The Labute approximate surface area is 153 Å². The van der Waals surface area contributed by atoms with E-state index >= 15 is 0 Å². The van der Waals surface area contributed by atoms with Gasteiger partial charge in [-0.1, -0.05) is 30.3 Å². The van der Waals surface area contributed by atoms with Gasteiger partial charge in [-0.2, -0.15) is 5.10 Å². The molecule has 0 aliphatic carbocycles. The molecule has 1 heterocycles. The molecule has 0 aliphatic rings. The lowest BCUT2D eigenvalue weighted by Crippen LogP contribution is -2.32. The van der Waals surface area contributed by atoms with Crippen molar-refractivity contribution in [2.24, 2.45) is 5.10 Å². The maximum Gasteiger partial charge on any atom is 0.329 e. The quantitative estimate of drug-likeness (QED) is 0.371. The molecule has 1 aromatic heterocycles. The summed E-state index contributed by atoms with van der Waals surface area (Å²) in [6.45, 7) is 0. The van der Waals surface area contributed by atoms with Crippen LogP contribution in [-0.2, 0) is 9.59 Å². The van der Waals surface area contributed by atoms with E-state index in [0.717, 1.165) is 5.39 Å². The second-order valence-electron chi connectivity index (χ2n) is 5.49. The monoisotopic (exact) mass is 364 g/mol. The van der Waals surface area contributed by atoms with E-state index < -0.39 is 11.8 Å². The Balaban J connectivity index is 1.67. The standard InChI is InChI=1S/C19H16N4O4/c1-27-16-9-5-4-8-15(16)22-18(25)19(26)23-20-11-13-10-12-6-2-3-7-14(12)21-17(13)24/h2-11H,1H3,(H,21,24)(H,22,25)(H,23,26)/b20-11+. The number of nitrogens with zero attached hydrogens (tertiary/aromatic N) is 1. The van der Waals surface area contributed by atoms with Gasteiger partial charge in [-0.15, -0.1) is 0 Å². The van der Waals surface area contributed by atoms with E-state index in [-0.39, 0.29) is 11.1 Å². The average molecular weight is 364 g/mol. The second-order valence-corrected chi connectivity index (χ2v) is 5.49. The molecular formula is C19H16N4O4. The molecule has 0 saturated heterocycles. The predicted molar refractivity (Wildman–Crippen MR) is 102 cm³/mol. The lowest BCUT2D eigenvalue weighted by atomic mass is 10.2. The second kappa shape index (κ2) is 7.96. The van der Waals surface area contributed by atoms with Crippen molar-refractivity contribution in [1.29, 1.82) is 0 Å². The molecule has 3 aromatic rings. The molecule has 27 heavy (non-hydrogen) atoms. The number of hydrazone groups is 1. The summed E-state index contributed by atoms with van der Waals surface area (Å²) in [5.41, 5.74) is 3.03. The zero-order chi connectivity index (χ0) is 19.2. The summed E-state index contributed by atoms with van der Waals surface area (Å²) >= 11 is 0. The number of carbonyl (C=O) groups is 2. The minimum atomic E-state index is -0.977. The van der Waals surface area contributed by atoms with Gasteiger partial charge in [0.05, 0.1) is 24.6 Å². The van der Waals surface area contributed by atoms with Gasteiger partial charge in [0.15, 0.2) is 0 Å². The molecule has 0 spiro atoms. The van der Waals surface area contributed by atoms with Crippen molar-refractivity contribution in [1.82, 2.24) is 10.4 Å². The number of H-pyrrole nitrogens is 1. The maximum absolute atomic E-state index is 12.0. The van der Waals surface area contributed by atoms with E-state index in [1.54, 1.807) is 36.4 Å². The Hall–Kier alpha value is -3.94. The van der Waals surface area contributed by atoms with Crippen LogP contribution in [0.3, 0.4) is 0 Å². The maximum atomic E-state index is 12.0. The predicted octanol–water partition coefficient (Wildman–Crippen LogP) is 1.63. The minimum absolute atomic E-state index is 0.249. The highest BCUT2D eigenvalue weighted by Gasteiger charge is 2.14. The smallest absolute Gasteiger partial charge is 0.329 e. The van der Waals surface area contributed by atoms with Gasteiger partial charge in [-0.3, -0.25) is 14.4 Å². The van der Waals surface area contributed by atoms with Crippen LogP contribution in [0.2, 0.25) is 0 Å². The number of hydrogen-bond acceptors (Lipinski definition) is 5. The highest BCUT2D eigenvalue weighted by Crippen LogP contribution is 2.22. The van der Waals surface area contributed by atoms with Crippen LogP contribution in [0.4, 0.5) is 5.69 Å². The van der Waals surface area contributed by atoms with Gasteiger partial charge in [-0.05, 0) is 29.7 Å². The Bertz CT molecular complexity index is 1090. The number of aromatic nitrogens is 1. The van der Waals surface area contributed by atoms with Gasteiger partial charge >= 0.3 is 11.8 Å². The fourth-order valence-electron chi connectivity index (χ4n) is 2.40. The highest BCUT2D eigenvalue weighted by molar-refractivity contribution is 6.39. The number of nitrogens with one attached hydrogen (secondary N) is 3. The van der Waals surface area contributed by atoms with Crippen LogP contribution >= 0.6 is 0 Å². The molecule has 0 bridgehead atoms. The summed E-state index contributed by atoms with van der Waals surface area (Å²) in [4.78, 5) is 38.5. The molecule has 136 valence electrons. The van der Waals surface area contributed by atoms with Crippen molar-refractivity contribution in [2.75, 3.05) is 12.4 Å². The van der Waals surface area contributed by atoms with E-state index in [1.165, 1.54) is 13.3 Å². The molecule has 2 amide bonds. The number of carbonyl (C=O) groups excluding carboxylic acids is 2. The molecule has 0 saturated carbocycles. The third kappa shape index (κ3) is 4.18. The van der Waals surface area contributed by atoms with Gasteiger partial charge in [0.1, 0.15) is 5.75 Å². The van der Waals surface area contributed by atoms with E-state index in [9.17, 15) is 14.4 Å². The lowest BCUT2D eigenvalue weighted by Gasteiger charge is -2.08. The first-order valence-corrected chi connectivity index (χ1v) is 7.98. The molecule has 0 fully saturated rings. The number of hydrogen-bond donors (Lipinski definition) is 3. The zero-order valence-corrected chi connectivity index (χ0v) is 14.4. The average Bonchev–Trinajstić information content (AvgIpc) is 2.68. The lowest BCUT2D eigenvalue weighted by molar-refractivity contribution is -0.136. The molecule has 0 unspecified atom stereocenters. The number of aromatic amines is 1. The summed E-state index contributed by atoms with van der Waals surface area (Å²) < 4.78 is 5.10. The van der Waals surface area contributed by atoms with Crippen LogP contribution in [-0.4, -0.2) is 30.1 Å². The summed E-state index contributed by atoms with van der Waals surface area (Å²) in [5.74, 6) is -1.47. The first-order valence-electron chi connectivity index (χ1n) is 7.98. The van der Waals surface area contributed by atoms with E-state index in [0.29, 0.717) is 17.0 Å². The number of para-hydroxylation sites is 3. The van der Waals surface area contributed by atoms with Crippen molar-refractivity contribution >= 4 is 34.6 Å². The molecule has 0 aliphatic heterocycles. The molecule has 0 radical (unpaired) electrons. The summed E-state index contributed by atoms with van der Waals surface area (Å²) in [7, 11) is 1.45. The van der Waals surface area contributed by atoms with Crippen molar-refractivity contribution in [2.45, 2.75) is 0 Å². The zero-order valence-electron chi connectivity index (χ0n) is 14.4. The van der Waals surface area contributed by atoms with Gasteiger partial charge in [0.25, 0.3) is 5.56 Å². The van der Waals surface area contributed by atoms with Crippen molar-refractivity contribution in [3.05, 3.63) is 70.5 Å². The largest absolute Gasteiger partial charge is 0.495 e. The van der Waals surface area contributed by atoms with Gasteiger partial charge < -0.3 is 15.0 Å². The van der Waals surface area contributed by atoms with Gasteiger partial charge in [0.2, 0.25) is 0 Å². The van der Waals surface area contributed by atoms with Crippen molar-refractivity contribution < 1.29 is 14.3 Å². The number of methoxy groups -OCH3 is 1. The fourth-order valence-corrected chi connectivity index (χ4v) is 2.40. The number of rotatable bonds is 4. The summed E-state index contributed by atoms with van der Waals surface area (Å²) in [5, 5.41) is 6.92. The Morgan fingerprint density at radius 3 is 2.63 bits per heavy atom. The van der Waals surface area contributed by atoms with E-state index in [4.69, 9.17) is 4.74 Å². The van der Waals surface area contributed by atoms with E-state index in [1.807, 2.05) is 18.2 Å². The molecular weight excluding hydrogens is 348 g/mol. The number of fused-ring (bicyclic) bond motifs is 1. The first-order chi connectivity index (χ1) is 13.1. The minimum Gasteiger partial charge on any atom is -0.495 e. The van der Waals surface area contributed by atoms with Crippen LogP contribution in [0.1, 0.15) is 5.56 Å². The van der Waals surface area contributed by atoms with Crippen LogP contribution in [0.25, 0.3) is 10.9 Å². The van der Waals surface area contributed by atoms with Crippen molar-refractivity contribution in [3.8, 4) is 5.75 Å². The number of ether oxygens (including phenoxy) is 1. The Kier molecular flexibility index (Phi) is 5.27. The summed E-state index contributed by atoms with van der Waals surface area (Å²) in [6.07, 6.45) is 1.18. The van der Waals surface area contributed by atoms with Crippen LogP contribution < -0.4 is 21.0 Å². The van der Waals surface area contributed by atoms with Crippen LogP contribution in [0.5, 0.6) is 5.75 Å². The molecule has 8 nitrogen and oxygen atoms in total. The summed E-state index contributed by atoms with van der Waals surface area (Å²) in [6, 6.07) is 15.6. The van der Waals surface area contributed by atoms with Gasteiger partial charge in [0, 0.05) is 5.52 Å².